The van der Waals surface area contributed by atoms with E-state index >= 15 is 0 Å². The maximum atomic E-state index is 8.68. The van der Waals surface area contributed by atoms with E-state index in [0.29, 0.717) is 6.61 Å². The van der Waals surface area contributed by atoms with Crippen LogP contribution in [0.15, 0.2) is 12.1 Å². The van der Waals surface area contributed by atoms with Gasteiger partial charge in [-0.05, 0) is 24.5 Å². The van der Waals surface area contributed by atoms with Crippen LogP contribution < -0.4 is 4.74 Å². The van der Waals surface area contributed by atoms with Crippen molar-refractivity contribution in [3.05, 3.63) is 17.0 Å². The fraction of sp³-hybridized carbons (Fsp3) is 0.692. The average Bonchev–Trinajstić information content (AvgIpc) is 2.75. The van der Waals surface area contributed by atoms with Crippen LogP contribution in [0.5, 0.6) is 5.06 Å². The van der Waals surface area contributed by atoms with E-state index in [0.717, 1.165) is 11.0 Å². The van der Waals surface area contributed by atoms with E-state index in [1.165, 1.54) is 43.4 Å². The molecule has 0 saturated heterocycles. The van der Waals surface area contributed by atoms with Crippen LogP contribution in [0.1, 0.15) is 37.0 Å². The van der Waals surface area contributed by atoms with Gasteiger partial charge in [-0.25, -0.2) is 0 Å². The van der Waals surface area contributed by atoms with Gasteiger partial charge in [0, 0.05) is 4.88 Å². The number of thiophene rings is 1. The van der Waals surface area contributed by atoms with Gasteiger partial charge in [-0.1, -0.05) is 32.1 Å². The molecule has 0 atom stereocenters. The molecule has 0 spiro atoms. The Hall–Kier alpha value is -0.540. The van der Waals surface area contributed by atoms with E-state index < -0.39 is 0 Å². The number of hydrogen-bond donors (Lipinski definition) is 1. The molecular formula is C13H20O2S. The lowest BCUT2D eigenvalue weighted by atomic mass is 9.87. The second kappa shape index (κ2) is 6.26. The summed E-state index contributed by atoms with van der Waals surface area (Å²) in [6.07, 6.45) is 8.24. The predicted molar refractivity (Wildman–Crippen MR) is 67.2 cm³/mol. The number of aliphatic hydroxyl groups excluding tert-OH is 1. The van der Waals surface area contributed by atoms with E-state index in [9.17, 15) is 0 Å². The Morgan fingerprint density at radius 2 is 2.06 bits per heavy atom. The Morgan fingerprint density at radius 1 is 1.25 bits per heavy atom. The van der Waals surface area contributed by atoms with Crippen molar-refractivity contribution in [2.75, 3.05) is 13.2 Å². The summed E-state index contributed by atoms with van der Waals surface area (Å²) in [5.74, 6) is 0.887. The van der Waals surface area contributed by atoms with Crippen LogP contribution in [-0.4, -0.2) is 18.3 Å². The first-order valence-corrected chi connectivity index (χ1v) is 7.02. The number of aliphatic hydroxyl groups is 1. The van der Waals surface area contributed by atoms with Gasteiger partial charge in [0.25, 0.3) is 0 Å². The van der Waals surface area contributed by atoms with Gasteiger partial charge in [-0.15, -0.1) is 11.3 Å². The molecule has 1 saturated carbocycles. The van der Waals surface area contributed by atoms with Gasteiger partial charge in [0.15, 0.2) is 5.06 Å². The highest BCUT2D eigenvalue weighted by Crippen LogP contribution is 2.31. The predicted octanol–water partition coefficient (Wildman–Crippen LogP) is 3.24. The van der Waals surface area contributed by atoms with E-state index in [4.69, 9.17) is 9.84 Å². The van der Waals surface area contributed by atoms with Crippen molar-refractivity contribution < 1.29 is 9.84 Å². The molecule has 0 aliphatic heterocycles. The molecule has 1 heterocycles. The van der Waals surface area contributed by atoms with Gasteiger partial charge in [0.2, 0.25) is 0 Å². The molecule has 0 radical (unpaired) electrons. The molecule has 16 heavy (non-hydrogen) atoms. The molecule has 0 aromatic carbocycles. The van der Waals surface area contributed by atoms with E-state index in [1.54, 1.807) is 11.3 Å². The molecule has 2 nitrogen and oxygen atoms in total. The zero-order valence-electron chi connectivity index (χ0n) is 9.65. The summed E-state index contributed by atoms with van der Waals surface area (Å²) in [7, 11) is 0. The lowest BCUT2D eigenvalue weighted by molar-refractivity contribution is 0.205. The Balaban J connectivity index is 1.81. The highest BCUT2D eigenvalue weighted by Gasteiger charge is 2.14. The second-order valence-corrected chi connectivity index (χ2v) is 5.63. The molecule has 1 aliphatic rings. The normalized spacial score (nSPS) is 17.6. The van der Waals surface area contributed by atoms with Crippen LogP contribution in [0, 0.1) is 5.92 Å². The molecular weight excluding hydrogens is 220 g/mol. The monoisotopic (exact) mass is 240 g/mol. The quantitative estimate of drug-likeness (QED) is 0.856. The third-order valence-electron chi connectivity index (χ3n) is 3.19. The maximum Gasteiger partial charge on any atom is 0.174 e. The summed E-state index contributed by atoms with van der Waals surface area (Å²) in [6, 6.07) is 4.20. The van der Waals surface area contributed by atoms with Crippen molar-refractivity contribution in [1.29, 1.82) is 0 Å². The van der Waals surface area contributed by atoms with Crippen LogP contribution in [-0.2, 0) is 6.42 Å². The molecule has 90 valence electrons. The first-order chi connectivity index (χ1) is 7.88. The summed E-state index contributed by atoms with van der Waals surface area (Å²) >= 11 is 1.73. The molecule has 2 rings (SSSR count). The van der Waals surface area contributed by atoms with Crippen LogP contribution in [0.2, 0.25) is 0 Å². The Kier molecular flexibility index (Phi) is 4.67. The highest BCUT2D eigenvalue weighted by atomic mass is 32.1. The van der Waals surface area contributed by atoms with Gasteiger partial charge in [0.1, 0.15) is 6.61 Å². The summed E-state index contributed by atoms with van der Waals surface area (Å²) in [4.78, 5) is 1.43. The molecule has 0 bridgehead atoms. The van der Waals surface area contributed by atoms with Crippen molar-refractivity contribution >= 4 is 11.3 Å². The average molecular weight is 240 g/mol. The Morgan fingerprint density at radius 3 is 2.81 bits per heavy atom. The molecule has 1 N–H and O–H groups in total. The number of rotatable bonds is 5. The Bertz CT molecular complexity index is 303. The van der Waals surface area contributed by atoms with Gasteiger partial charge in [-0.2, -0.15) is 0 Å². The van der Waals surface area contributed by atoms with E-state index in [1.807, 2.05) is 6.07 Å². The molecule has 3 heteroatoms. The zero-order valence-corrected chi connectivity index (χ0v) is 10.5. The topological polar surface area (TPSA) is 29.5 Å². The Labute approximate surface area is 101 Å². The molecule has 1 aliphatic carbocycles. The van der Waals surface area contributed by atoms with Crippen molar-refractivity contribution in [2.45, 2.75) is 38.5 Å². The summed E-state index contributed by atoms with van der Waals surface area (Å²) in [5.41, 5.74) is 0. The van der Waals surface area contributed by atoms with E-state index in [2.05, 4.69) is 6.07 Å². The molecule has 1 fully saturated rings. The van der Waals surface area contributed by atoms with Crippen molar-refractivity contribution in [1.82, 2.24) is 0 Å². The third-order valence-corrected chi connectivity index (χ3v) is 4.21. The molecule has 0 unspecified atom stereocenters. The maximum absolute atomic E-state index is 8.68. The lowest BCUT2D eigenvalue weighted by Gasteiger charge is -2.20. The number of hydrogen-bond acceptors (Lipinski definition) is 3. The van der Waals surface area contributed by atoms with Crippen LogP contribution >= 0.6 is 11.3 Å². The minimum atomic E-state index is 0.0931. The van der Waals surface area contributed by atoms with Crippen molar-refractivity contribution in [3.8, 4) is 5.06 Å². The summed E-state index contributed by atoms with van der Waals surface area (Å²) in [6.45, 7) is 0.499. The lowest BCUT2D eigenvalue weighted by Crippen LogP contribution is -2.08. The SMILES string of the molecule is OCCOc1ccc(CC2CCCCC2)s1. The molecule has 0 amide bonds. The number of ether oxygens (including phenoxy) is 1. The highest BCUT2D eigenvalue weighted by molar-refractivity contribution is 7.13. The minimum absolute atomic E-state index is 0.0931. The summed E-state index contributed by atoms with van der Waals surface area (Å²) in [5, 5.41) is 9.62. The van der Waals surface area contributed by atoms with Crippen LogP contribution in [0.3, 0.4) is 0 Å². The fourth-order valence-electron chi connectivity index (χ4n) is 2.37. The first-order valence-electron chi connectivity index (χ1n) is 6.21. The molecule has 1 aromatic rings. The van der Waals surface area contributed by atoms with Gasteiger partial charge in [0.05, 0.1) is 6.61 Å². The fourth-order valence-corrected chi connectivity index (χ4v) is 3.36. The van der Waals surface area contributed by atoms with Crippen molar-refractivity contribution in [2.24, 2.45) is 5.92 Å². The van der Waals surface area contributed by atoms with Crippen LogP contribution in [0.4, 0.5) is 0 Å². The smallest absolute Gasteiger partial charge is 0.174 e. The summed E-state index contributed by atoms with van der Waals surface area (Å²) < 4.78 is 5.39. The van der Waals surface area contributed by atoms with E-state index in [-0.39, 0.29) is 6.61 Å². The molecule has 1 aromatic heterocycles. The largest absolute Gasteiger partial charge is 0.482 e. The standard InChI is InChI=1S/C13H20O2S/c14-8-9-15-13-7-6-12(16-13)10-11-4-2-1-3-5-11/h6-7,11,14H,1-5,8-10H2. The van der Waals surface area contributed by atoms with Crippen LogP contribution in [0.25, 0.3) is 0 Å². The van der Waals surface area contributed by atoms with Gasteiger partial charge in [-0.3, -0.25) is 0 Å². The van der Waals surface area contributed by atoms with Gasteiger partial charge >= 0.3 is 0 Å². The minimum Gasteiger partial charge on any atom is -0.482 e. The second-order valence-electron chi connectivity index (χ2n) is 4.50. The van der Waals surface area contributed by atoms with Crippen molar-refractivity contribution in [3.63, 3.8) is 0 Å². The first kappa shape index (κ1) is 11.9. The zero-order chi connectivity index (χ0) is 11.2. The third kappa shape index (κ3) is 3.49. The van der Waals surface area contributed by atoms with Gasteiger partial charge < -0.3 is 9.84 Å².